The second-order valence-corrected chi connectivity index (χ2v) is 4.96. The number of aromatic hydroxyl groups is 2. The molecule has 0 aromatic heterocycles. The highest BCUT2D eigenvalue weighted by atomic mass is 79.9. The maximum absolute atomic E-state index is 13.3. The quantitative estimate of drug-likeness (QED) is 0.586. The molecule has 1 amide bonds. The maximum atomic E-state index is 13.3. The van der Waals surface area contributed by atoms with Crippen LogP contribution in [0.5, 0.6) is 11.5 Å². The van der Waals surface area contributed by atoms with Crippen LogP contribution in [-0.4, -0.2) is 22.3 Å². The highest BCUT2D eigenvalue weighted by Gasteiger charge is 2.10. The first-order chi connectivity index (χ1) is 9.99. The monoisotopic (exact) mass is 352 g/mol. The Bertz CT molecular complexity index is 719. The Morgan fingerprint density at radius 1 is 1.29 bits per heavy atom. The Labute approximate surface area is 127 Å². The molecule has 0 aliphatic carbocycles. The van der Waals surface area contributed by atoms with Crippen molar-refractivity contribution >= 4 is 28.1 Å². The normalized spacial score (nSPS) is 10.8. The van der Waals surface area contributed by atoms with Gasteiger partial charge < -0.3 is 10.2 Å². The van der Waals surface area contributed by atoms with Crippen molar-refractivity contribution in [2.24, 2.45) is 5.10 Å². The first-order valence-electron chi connectivity index (χ1n) is 5.78. The first-order valence-corrected chi connectivity index (χ1v) is 6.57. The molecule has 0 heterocycles. The van der Waals surface area contributed by atoms with Gasteiger partial charge in [-0.3, -0.25) is 4.79 Å². The fourth-order valence-electron chi connectivity index (χ4n) is 1.57. The third-order valence-corrected chi connectivity index (χ3v) is 3.03. The first kappa shape index (κ1) is 15.0. The summed E-state index contributed by atoms with van der Waals surface area (Å²) in [7, 11) is 0. The number of amides is 1. The van der Waals surface area contributed by atoms with Crippen molar-refractivity contribution in [3.8, 4) is 11.5 Å². The van der Waals surface area contributed by atoms with Crippen molar-refractivity contribution in [3.63, 3.8) is 0 Å². The molecular formula is C14H10BrFN2O3. The highest BCUT2D eigenvalue weighted by Crippen LogP contribution is 2.24. The van der Waals surface area contributed by atoms with Gasteiger partial charge in [0.1, 0.15) is 5.75 Å². The number of carbonyl (C=O) groups excluding carboxylic acids is 1. The van der Waals surface area contributed by atoms with E-state index in [1.54, 1.807) is 12.1 Å². The summed E-state index contributed by atoms with van der Waals surface area (Å²) in [5, 5.41) is 22.6. The molecule has 2 rings (SSSR count). The zero-order valence-electron chi connectivity index (χ0n) is 10.5. The predicted octanol–water partition coefficient (Wildman–Crippen LogP) is 2.76. The summed E-state index contributed by atoms with van der Waals surface area (Å²) in [4.78, 5) is 11.7. The van der Waals surface area contributed by atoms with Crippen molar-refractivity contribution in [2.45, 2.75) is 0 Å². The molecule has 7 heteroatoms. The zero-order valence-corrected chi connectivity index (χ0v) is 12.1. The SMILES string of the molecule is O=C(NN=Cc1cc(Br)cc(F)c1O)c1ccccc1O. The standard InChI is InChI=1S/C14H10BrFN2O3/c15-9-5-8(13(20)11(16)6-9)7-17-18-14(21)10-3-1-2-4-12(10)19/h1-7,19-20H,(H,18,21). The van der Waals surface area contributed by atoms with Crippen LogP contribution in [0.1, 0.15) is 15.9 Å². The minimum absolute atomic E-state index is 0.0549. The van der Waals surface area contributed by atoms with E-state index >= 15 is 0 Å². The molecule has 2 aromatic carbocycles. The van der Waals surface area contributed by atoms with Gasteiger partial charge >= 0.3 is 0 Å². The topological polar surface area (TPSA) is 81.9 Å². The molecule has 0 saturated carbocycles. The lowest BCUT2D eigenvalue weighted by Gasteiger charge is -2.03. The van der Waals surface area contributed by atoms with E-state index in [1.807, 2.05) is 0 Å². The van der Waals surface area contributed by atoms with Gasteiger partial charge in [0.2, 0.25) is 0 Å². The van der Waals surface area contributed by atoms with Gasteiger partial charge in [-0.05, 0) is 24.3 Å². The van der Waals surface area contributed by atoms with Crippen LogP contribution < -0.4 is 5.43 Å². The third kappa shape index (κ3) is 3.57. The molecule has 0 saturated heterocycles. The lowest BCUT2D eigenvalue weighted by Crippen LogP contribution is -2.17. The second kappa shape index (κ2) is 6.36. The highest BCUT2D eigenvalue weighted by molar-refractivity contribution is 9.10. The number of nitrogens with zero attached hydrogens (tertiary/aromatic N) is 1. The van der Waals surface area contributed by atoms with E-state index in [4.69, 9.17) is 0 Å². The molecular weight excluding hydrogens is 343 g/mol. The number of phenolic OH excluding ortho intramolecular Hbond substituents is 2. The molecule has 0 atom stereocenters. The summed E-state index contributed by atoms with van der Waals surface area (Å²) in [6, 6.07) is 8.51. The summed E-state index contributed by atoms with van der Waals surface area (Å²) in [5.74, 6) is -2.18. The van der Waals surface area contributed by atoms with Crippen molar-refractivity contribution in [3.05, 3.63) is 57.8 Å². The molecule has 21 heavy (non-hydrogen) atoms. The van der Waals surface area contributed by atoms with Gasteiger partial charge in [0.15, 0.2) is 11.6 Å². The van der Waals surface area contributed by atoms with E-state index < -0.39 is 17.5 Å². The van der Waals surface area contributed by atoms with Crippen molar-refractivity contribution in [1.29, 1.82) is 0 Å². The molecule has 0 bridgehead atoms. The largest absolute Gasteiger partial charge is 0.507 e. The molecule has 0 radical (unpaired) electrons. The molecule has 0 fully saturated rings. The number of carbonyl (C=O) groups is 1. The van der Waals surface area contributed by atoms with Crippen LogP contribution in [0.15, 0.2) is 46.0 Å². The molecule has 0 aliphatic rings. The Kier molecular flexibility index (Phi) is 4.54. The van der Waals surface area contributed by atoms with Gasteiger partial charge in [-0.25, -0.2) is 9.82 Å². The Hall–Kier alpha value is -2.41. The van der Waals surface area contributed by atoms with E-state index in [-0.39, 0.29) is 16.9 Å². The summed E-state index contributed by atoms with van der Waals surface area (Å²) < 4.78 is 13.7. The molecule has 0 spiro atoms. The van der Waals surface area contributed by atoms with E-state index in [9.17, 15) is 19.4 Å². The minimum atomic E-state index is -0.808. The van der Waals surface area contributed by atoms with Crippen molar-refractivity contribution in [2.75, 3.05) is 0 Å². The van der Waals surface area contributed by atoms with Gasteiger partial charge in [-0.2, -0.15) is 5.10 Å². The molecule has 0 unspecified atom stereocenters. The smallest absolute Gasteiger partial charge is 0.275 e. The summed E-state index contributed by atoms with van der Waals surface area (Å²) in [6.45, 7) is 0. The Balaban J connectivity index is 2.13. The van der Waals surface area contributed by atoms with Crippen LogP contribution in [0.3, 0.4) is 0 Å². The zero-order chi connectivity index (χ0) is 15.4. The number of nitrogens with one attached hydrogen (secondary N) is 1. The number of hydrogen-bond donors (Lipinski definition) is 3. The average molecular weight is 353 g/mol. The van der Waals surface area contributed by atoms with E-state index in [1.165, 1.54) is 18.2 Å². The van der Waals surface area contributed by atoms with Crippen molar-refractivity contribution < 1.29 is 19.4 Å². The summed E-state index contributed by atoms with van der Waals surface area (Å²) >= 11 is 3.08. The van der Waals surface area contributed by atoms with Crippen LogP contribution in [0, 0.1) is 5.82 Å². The molecule has 108 valence electrons. The number of halogens is 2. The minimum Gasteiger partial charge on any atom is -0.507 e. The number of benzene rings is 2. The average Bonchev–Trinajstić information content (AvgIpc) is 2.44. The van der Waals surface area contributed by atoms with E-state index in [0.29, 0.717) is 4.47 Å². The van der Waals surface area contributed by atoms with Crippen LogP contribution >= 0.6 is 15.9 Å². The lowest BCUT2D eigenvalue weighted by molar-refractivity contribution is 0.0952. The molecule has 3 N–H and O–H groups in total. The van der Waals surface area contributed by atoms with E-state index in [0.717, 1.165) is 12.3 Å². The predicted molar refractivity (Wildman–Crippen MR) is 78.9 cm³/mol. The van der Waals surface area contributed by atoms with Gasteiger partial charge in [0.25, 0.3) is 5.91 Å². The Morgan fingerprint density at radius 2 is 2.00 bits per heavy atom. The lowest BCUT2D eigenvalue weighted by atomic mass is 10.2. The number of rotatable bonds is 3. The second-order valence-electron chi connectivity index (χ2n) is 4.04. The number of hydrogen-bond acceptors (Lipinski definition) is 4. The van der Waals surface area contributed by atoms with Crippen LogP contribution in [0.4, 0.5) is 4.39 Å². The van der Waals surface area contributed by atoms with Gasteiger partial charge in [-0.1, -0.05) is 28.1 Å². The molecule has 5 nitrogen and oxygen atoms in total. The van der Waals surface area contributed by atoms with Gasteiger partial charge in [0.05, 0.1) is 11.8 Å². The van der Waals surface area contributed by atoms with Crippen molar-refractivity contribution in [1.82, 2.24) is 5.43 Å². The number of phenols is 2. The number of para-hydroxylation sites is 1. The third-order valence-electron chi connectivity index (χ3n) is 2.58. The fourth-order valence-corrected chi connectivity index (χ4v) is 2.02. The Morgan fingerprint density at radius 3 is 2.71 bits per heavy atom. The van der Waals surface area contributed by atoms with Crippen LogP contribution in [-0.2, 0) is 0 Å². The summed E-state index contributed by atoms with van der Waals surface area (Å²) in [6.07, 6.45) is 1.10. The molecule has 2 aromatic rings. The van der Waals surface area contributed by atoms with Crippen LogP contribution in [0.2, 0.25) is 0 Å². The van der Waals surface area contributed by atoms with Gasteiger partial charge in [-0.15, -0.1) is 0 Å². The van der Waals surface area contributed by atoms with Gasteiger partial charge in [0, 0.05) is 10.0 Å². The van der Waals surface area contributed by atoms with E-state index in [2.05, 4.69) is 26.5 Å². The maximum Gasteiger partial charge on any atom is 0.275 e. The molecule has 0 aliphatic heterocycles. The number of hydrazone groups is 1. The fraction of sp³-hybridized carbons (Fsp3) is 0. The van der Waals surface area contributed by atoms with Crippen LogP contribution in [0.25, 0.3) is 0 Å². The summed E-state index contributed by atoms with van der Waals surface area (Å²) in [5.41, 5.74) is 2.33.